The van der Waals surface area contributed by atoms with Gasteiger partial charge in [0.05, 0.1) is 18.7 Å². The standard InChI is InChI=1S/C16H18N2O3/c1-8-5-12(14(21-4)7-11(8)17)18-15-10(3)16(20)9(2)6-13(15)19/h5-7,10H,17H2,1-4H3. The number of Topliss-reactive ketones (excluding diaryl/α,β-unsaturated/α-hetero) is 1. The van der Waals surface area contributed by atoms with Crippen molar-refractivity contribution in [1.82, 2.24) is 0 Å². The number of methoxy groups -OCH3 is 1. The van der Waals surface area contributed by atoms with E-state index in [0.29, 0.717) is 22.7 Å². The Morgan fingerprint density at radius 3 is 2.52 bits per heavy atom. The summed E-state index contributed by atoms with van der Waals surface area (Å²) in [5, 5.41) is 0. The Kier molecular flexibility index (Phi) is 3.93. The van der Waals surface area contributed by atoms with Crippen molar-refractivity contribution in [3.63, 3.8) is 0 Å². The van der Waals surface area contributed by atoms with Crippen LogP contribution in [0.2, 0.25) is 0 Å². The molecule has 21 heavy (non-hydrogen) atoms. The Labute approximate surface area is 123 Å². The average Bonchev–Trinajstić information content (AvgIpc) is 2.44. The van der Waals surface area contributed by atoms with Gasteiger partial charge >= 0.3 is 0 Å². The molecule has 1 atom stereocenters. The van der Waals surface area contributed by atoms with Crippen molar-refractivity contribution >= 4 is 28.7 Å². The third-order valence-corrected chi connectivity index (χ3v) is 3.60. The number of nitrogens with zero attached hydrogens (tertiary/aromatic N) is 1. The van der Waals surface area contributed by atoms with E-state index in [1.807, 2.05) is 6.92 Å². The lowest BCUT2D eigenvalue weighted by atomic mass is 9.87. The largest absolute Gasteiger partial charge is 0.494 e. The highest BCUT2D eigenvalue weighted by atomic mass is 16.5. The van der Waals surface area contributed by atoms with E-state index in [0.717, 1.165) is 5.56 Å². The fraction of sp³-hybridized carbons (Fsp3) is 0.312. The van der Waals surface area contributed by atoms with E-state index in [1.165, 1.54) is 13.2 Å². The summed E-state index contributed by atoms with van der Waals surface area (Å²) in [6, 6.07) is 3.41. The maximum absolute atomic E-state index is 12.1. The number of aliphatic imine (C=N–C) groups is 1. The second-order valence-electron chi connectivity index (χ2n) is 5.16. The number of aryl methyl sites for hydroxylation is 1. The number of allylic oxidation sites excluding steroid dienone is 2. The molecule has 0 aliphatic heterocycles. The van der Waals surface area contributed by atoms with Crippen molar-refractivity contribution in [3.05, 3.63) is 29.3 Å². The Morgan fingerprint density at radius 1 is 1.24 bits per heavy atom. The zero-order valence-electron chi connectivity index (χ0n) is 12.6. The van der Waals surface area contributed by atoms with E-state index < -0.39 is 5.92 Å². The molecule has 2 rings (SSSR count). The van der Waals surface area contributed by atoms with Crippen molar-refractivity contribution in [3.8, 4) is 5.75 Å². The van der Waals surface area contributed by atoms with Crippen molar-refractivity contribution in [1.29, 1.82) is 0 Å². The predicted molar refractivity (Wildman–Crippen MR) is 82.2 cm³/mol. The molecular formula is C16H18N2O3. The van der Waals surface area contributed by atoms with Crippen molar-refractivity contribution in [2.24, 2.45) is 10.9 Å². The minimum atomic E-state index is -0.551. The van der Waals surface area contributed by atoms with Crippen LogP contribution in [0.5, 0.6) is 5.75 Å². The molecule has 1 aromatic rings. The Morgan fingerprint density at radius 2 is 1.90 bits per heavy atom. The first kappa shape index (κ1) is 15.0. The van der Waals surface area contributed by atoms with E-state index in [2.05, 4.69) is 4.99 Å². The van der Waals surface area contributed by atoms with Gasteiger partial charge in [0, 0.05) is 11.8 Å². The highest BCUT2D eigenvalue weighted by Crippen LogP contribution is 2.33. The summed E-state index contributed by atoms with van der Waals surface area (Å²) in [5.41, 5.74) is 8.45. The van der Waals surface area contributed by atoms with E-state index >= 15 is 0 Å². The van der Waals surface area contributed by atoms with Crippen LogP contribution in [0.4, 0.5) is 11.4 Å². The highest BCUT2D eigenvalue weighted by Gasteiger charge is 2.30. The molecule has 0 bridgehead atoms. The molecule has 0 amide bonds. The number of hydrogen-bond donors (Lipinski definition) is 1. The molecule has 110 valence electrons. The summed E-state index contributed by atoms with van der Waals surface area (Å²) in [4.78, 5) is 28.4. The lowest BCUT2D eigenvalue weighted by Crippen LogP contribution is -2.32. The molecule has 2 N–H and O–H groups in total. The van der Waals surface area contributed by atoms with Crippen LogP contribution in [0.3, 0.4) is 0 Å². The molecule has 0 radical (unpaired) electrons. The van der Waals surface area contributed by atoms with Crippen LogP contribution in [-0.2, 0) is 9.59 Å². The number of benzene rings is 1. The summed E-state index contributed by atoms with van der Waals surface area (Å²) >= 11 is 0. The van der Waals surface area contributed by atoms with Gasteiger partial charge in [-0.2, -0.15) is 0 Å². The number of nitrogen functional groups attached to an aromatic ring is 1. The molecule has 5 heteroatoms. The van der Waals surface area contributed by atoms with Gasteiger partial charge in [-0.1, -0.05) is 0 Å². The number of carbonyl (C=O) groups is 2. The van der Waals surface area contributed by atoms with Gasteiger partial charge in [0.25, 0.3) is 0 Å². The van der Waals surface area contributed by atoms with Crippen LogP contribution >= 0.6 is 0 Å². The molecule has 0 saturated carbocycles. The number of ether oxygens (including phenoxy) is 1. The normalized spacial score (nSPS) is 20.7. The van der Waals surface area contributed by atoms with E-state index in [9.17, 15) is 9.59 Å². The van der Waals surface area contributed by atoms with Crippen LogP contribution in [0.15, 0.2) is 28.8 Å². The van der Waals surface area contributed by atoms with Crippen molar-refractivity contribution in [2.45, 2.75) is 20.8 Å². The summed E-state index contributed by atoms with van der Waals surface area (Å²) in [6.45, 7) is 5.17. The first-order valence-electron chi connectivity index (χ1n) is 6.64. The predicted octanol–water partition coefficient (Wildman–Crippen LogP) is 2.39. The molecule has 1 aliphatic rings. The molecule has 0 fully saturated rings. The minimum absolute atomic E-state index is 0.0838. The van der Waals surface area contributed by atoms with Gasteiger partial charge in [-0.15, -0.1) is 0 Å². The smallest absolute Gasteiger partial charge is 0.201 e. The number of hydrogen-bond acceptors (Lipinski definition) is 5. The number of carbonyl (C=O) groups excluding carboxylic acids is 2. The quantitative estimate of drug-likeness (QED) is 0.846. The van der Waals surface area contributed by atoms with Crippen LogP contribution in [0.1, 0.15) is 19.4 Å². The SMILES string of the molecule is COc1cc(N)c(C)cc1N=C1C(=O)C=C(C)C(=O)C1C. The first-order valence-corrected chi connectivity index (χ1v) is 6.64. The van der Waals surface area contributed by atoms with Gasteiger partial charge in [-0.3, -0.25) is 9.59 Å². The third-order valence-electron chi connectivity index (χ3n) is 3.60. The highest BCUT2D eigenvalue weighted by molar-refractivity contribution is 6.51. The number of anilines is 1. The molecular weight excluding hydrogens is 268 g/mol. The van der Waals surface area contributed by atoms with Crippen LogP contribution in [-0.4, -0.2) is 24.4 Å². The van der Waals surface area contributed by atoms with Gasteiger partial charge < -0.3 is 10.5 Å². The third kappa shape index (κ3) is 2.72. The summed E-state index contributed by atoms with van der Waals surface area (Å²) < 4.78 is 5.24. The lowest BCUT2D eigenvalue weighted by Gasteiger charge is -2.18. The fourth-order valence-electron chi connectivity index (χ4n) is 2.24. The Balaban J connectivity index is 2.56. The van der Waals surface area contributed by atoms with Gasteiger partial charge in [0.15, 0.2) is 5.78 Å². The van der Waals surface area contributed by atoms with E-state index in [-0.39, 0.29) is 17.3 Å². The minimum Gasteiger partial charge on any atom is -0.494 e. The zero-order chi connectivity index (χ0) is 15.7. The topological polar surface area (TPSA) is 81.8 Å². The monoisotopic (exact) mass is 286 g/mol. The average molecular weight is 286 g/mol. The molecule has 1 aliphatic carbocycles. The number of nitrogens with two attached hydrogens (primary N) is 1. The second-order valence-corrected chi connectivity index (χ2v) is 5.16. The van der Waals surface area contributed by atoms with E-state index in [4.69, 9.17) is 10.5 Å². The first-order chi connectivity index (χ1) is 9.85. The summed E-state index contributed by atoms with van der Waals surface area (Å²) in [5.74, 6) is -0.398. The fourth-order valence-corrected chi connectivity index (χ4v) is 2.24. The van der Waals surface area contributed by atoms with Crippen LogP contribution in [0.25, 0.3) is 0 Å². The Hall–Kier alpha value is -2.43. The van der Waals surface area contributed by atoms with Crippen LogP contribution < -0.4 is 10.5 Å². The van der Waals surface area contributed by atoms with Gasteiger partial charge in [-0.25, -0.2) is 4.99 Å². The van der Waals surface area contributed by atoms with Crippen LogP contribution in [0, 0.1) is 12.8 Å². The van der Waals surface area contributed by atoms with Gasteiger partial charge in [-0.05, 0) is 44.1 Å². The molecule has 0 aromatic heterocycles. The Bertz CT molecular complexity index is 687. The molecule has 0 heterocycles. The van der Waals surface area contributed by atoms with Crippen molar-refractivity contribution in [2.75, 3.05) is 12.8 Å². The summed E-state index contributed by atoms with van der Waals surface area (Å²) in [6.07, 6.45) is 1.33. The maximum Gasteiger partial charge on any atom is 0.201 e. The number of ketones is 2. The van der Waals surface area contributed by atoms with Gasteiger partial charge in [0.2, 0.25) is 5.78 Å². The molecule has 0 saturated heterocycles. The molecule has 0 spiro atoms. The van der Waals surface area contributed by atoms with Crippen molar-refractivity contribution < 1.29 is 14.3 Å². The summed E-state index contributed by atoms with van der Waals surface area (Å²) in [7, 11) is 1.51. The molecule has 1 unspecified atom stereocenters. The lowest BCUT2D eigenvalue weighted by molar-refractivity contribution is -0.119. The number of rotatable bonds is 2. The second kappa shape index (κ2) is 5.52. The van der Waals surface area contributed by atoms with Gasteiger partial charge in [0.1, 0.15) is 11.4 Å². The zero-order valence-corrected chi connectivity index (χ0v) is 12.6. The molecule has 1 aromatic carbocycles. The maximum atomic E-state index is 12.1. The van der Waals surface area contributed by atoms with E-state index in [1.54, 1.807) is 26.0 Å². The molecule has 5 nitrogen and oxygen atoms in total.